The van der Waals surface area contributed by atoms with Crippen molar-refractivity contribution in [3.63, 3.8) is 0 Å². The van der Waals surface area contributed by atoms with Crippen molar-refractivity contribution >= 4 is 39.5 Å². The third-order valence-corrected chi connectivity index (χ3v) is 4.73. The maximum Gasteiger partial charge on any atom is 0.284 e. The molecule has 1 amide bonds. The Morgan fingerprint density at radius 2 is 1.67 bits per heavy atom. The van der Waals surface area contributed by atoms with Gasteiger partial charge in [0.1, 0.15) is 4.38 Å². The van der Waals surface area contributed by atoms with Gasteiger partial charge in [-0.1, -0.05) is 59.9 Å². The topological polar surface area (TPSA) is 54.1 Å². The van der Waals surface area contributed by atoms with Crippen LogP contribution in [0.5, 0.6) is 0 Å². The molecule has 0 saturated heterocycles. The predicted octanol–water partition coefficient (Wildman–Crippen LogP) is 4.52. The quantitative estimate of drug-likeness (QED) is 0.783. The van der Waals surface area contributed by atoms with Crippen LogP contribution in [-0.2, 0) is 4.79 Å². The first-order valence-corrected chi connectivity index (χ1v) is 7.99. The van der Waals surface area contributed by atoms with E-state index < -0.39 is 5.37 Å². The Morgan fingerprint density at radius 3 is 2.38 bits per heavy atom. The van der Waals surface area contributed by atoms with E-state index in [1.807, 2.05) is 60.7 Å². The lowest BCUT2D eigenvalue weighted by Crippen LogP contribution is -2.05. The van der Waals surface area contributed by atoms with Crippen molar-refractivity contribution < 1.29 is 4.79 Å². The van der Waals surface area contributed by atoms with Crippen LogP contribution in [0.2, 0.25) is 0 Å². The maximum atomic E-state index is 11.8. The molecule has 6 heteroatoms. The van der Waals surface area contributed by atoms with Gasteiger partial charge in [0.15, 0.2) is 0 Å². The molecule has 0 bridgehead atoms. The number of carbonyl (C=O) groups excluding carboxylic acids is 1. The SMILES string of the molecule is O=C1N=C(Sc2ccccc2)SC1N=Nc1ccccc1. The Bertz CT molecular complexity index is 687. The van der Waals surface area contributed by atoms with Gasteiger partial charge in [-0.2, -0.15) is 15.2 Å². The molecule has 104 valence electrons. The summed E-state index contributed by atoms with van der Waals surface area (Å²) in [6, 6.07) is 19.2. The van der Waals surface area contributed by atoms with Gasteiger partial charge in [-0.25, -0.2) is 0 Å². The molecule has 0 fully saturated rings. The number of carbonyl (C=O) groups is 1. The predicted molar refractivity (Wildman–Crippen MR) is 87.1 cm³/mol. The number of azo groups is 1. The molecule has 0 aromatic heterocycles. The zero-order valence-corrected chi connectivity index (χ0v) is 12.6. The molecule has 1 aliphatic heterocycles. The first kappa shape index (κ1) is 14.0. The van der Waals surface area contributed by atoms with Gasteiger partial charge in [0, 0.05) is 4.90 Å². The highest BCUT2D eigenvalue weighted by Crippen LogP contribution is 2.34. The number of benzene rings is 2. The molecule has 1 unspecified atom stereocenters. The molecular weight excluding hydrogens is 302 g/mol. The zero-order valence-electron chi connectivity index (χ0n) is 10.9. The first-order chi connectivity index (χ1) is 10.3. The van der Waals surface area contributed by atoms with Crippen molar-refractivity contribution in [2.24, 2.45) is 15.2 Å². The Labute approximate surface area is 130 Å². The summed E-state index contributed by atoms with van der Waals surface area (Å²) in [4.78, 5) is 16.9. The first-order valence-electron chi connectivity index (χ1n) is 6.29. The maximum absolute atomic E-state index is 11.8. The number of aliphatic imine (C=N–C) groups is 1. The van der Waals surface area contributed by atoms with Gasteiger partial charge in [0.05, 0.1) is 5.69 Å². The fraction of sp³-hybridized carbons (Fsp3) is 0.0667. The molecule has 0 spiro atoms. The van der Waals surface area contributed by atoms with Gasteiger partial charge >= 0.3 is 0 Å². The summed E-state index contributed by atoms with van der Waals surface area (Å²) in [7, 11) is 0. The Kier molecular flexibility index (Phi) is 4.47. The van der Waals surface area contributed by atoms with E-state index in [1.54, 1.807) is 0 Å². The molecule has 2 aromatic carbocycles. The molecule has 0 radical (unpaired) electrons. The van der Waals surface area contributed by atoms with Crippen molar-refractivity contribution in [2.45, 2.75) is 10.3 Å². The Morgan fingerprint density at radius 1 is 1.00 bits per heavy atom. The van der Waals surface area contributed by atoms with Crippen LogP contribution in [0.1, 0.15) is 0 Å². The average Bonchev–Trinajstić information content (AvgIpc) is 2.87. The van der Waals surface area contributed by atoms with E-state index in [2.05, 4.69) is 15.2 Å². The molecule has 21 heavy (non-hydrogen) atoms. The van der Waals surface area contributed by atoms with Crippen molar-refractivity contribution in [3.8, 4) is 0 Å². The smallest absolute Gasteiger partial charge is 0.269 e. The van der Waals surface area contributed by atoms with E-state index in [0.717, 1.165) is 10.6 Å². The normalized spacial score (nSPS) is 18.2. The molecule has 0 N–H and O–H groups in total. The van der Waals surface area contributed by atoms with Gasteiger partial charge in [0.2, 0.25) is 5.37 Å². The second kappa shape index (κ2) is 6.69. The van der Waals surface area contributed by atoms with Crippen molar-refractivity contribution in [1.29, 1.82) is 0 Å². The van der Waals surface area contributed by atoms with Gasteiger partial charge in [-0.3, -0.25) is 4.79 Å². The summed E-state index contributed by atoms with van der Waals surface area (Å²) < 4.78 is 0.711. The fourth-order valence-corrected chi connectivity index (χ4v) is 3.61. The number of hydrogen-bond donors (Lipinski definition) is 0. The average molecular weight is 313 g/mol. The third-order valence-electron chi connectivity index (χ3n) is 2.61. The second-order valence-electron chi connectivity index (χ2n) is 4.15. The molecular formula is C15H11N3OS2. The van der Waals surface area contributed by atoms with E-state index in [0.29, 0.717) is 4.38 Å². The second-order valence-corrected chi connectivity index (χ2v) is 6.54. The summed E-state index contributed by atoms with van der Waals surface area (Å²) in [5.41, 5.74) is 0.732. The minimum absolute atomic E-state index is 0.252. The lowest BCUT2D eigenvalue weighted by Gasteiger charge is -2.00. The van der Waals surface area contributed by atoms with Crippen molar-refractivity contribution in [2.75, 3.05) is 0 Å². The Hall–Kier alpha value is -1.92. The fourth-order valence-electron chi connectivity index (χ4n) is 1.64. The minimum atomic E-state index is -0.573. The lowest BCUT2D eigenvalue weighted by molar-refractivity contribution is -0.117. The highest BCUT2D eigenvalue weighted by molar-refractivity contribution is 8.39. The zero-order chi connectivity index (χ0) is 14.5. The third kappa shape index (κ3) is 3.80. The number of nitrogens with zero attached hydrogens (tertiary/aromatic N) is 3. The van der Waals surface area contributed by atoms with Crippen LogP contribution in [0.4, 0.5) is 5.69 Å². The van der Waals surface area contributed by atoms with Crippen LogP contribution < -0.4 is 0 Å². The highest BCUT2D eigenvalue weighted by atomic mass is 32.2. The minimum Gasteiger partial charge on any atom is -0.269 e. The Balaban J connectivity index is 1.64. The molecule has 3 rings (SSSR count). The van der Waals surface area contributed by atoms with Crippen LogP contribution in [0, 0.1) is 0 Å². The van der Waals surface area contributed by atoms with Crippen LogP contribution >= 0.6 is 23.5 Å². The standard InChI is InChI=1S/C15H11N3OS2/c19-13-14(18-17-11-7-3-1-4-8-11)21-15(16-13)20-12-9-5-2-6-10-12/h1-10,14H. The highest BCUT2D eigenvalue weighted by Gasteiger charge is 2.28. The summed E-state index contributed by atoms with van der Waals surface area (Å²) >= 11 is 2.81. The van der Waals surface area contributed by atoms with Gasteiger partial charge in [0.25, 0.3) is 5.91 Å². The van der Waals surface area contributed by atoms with E-state index in [9.17, 15) is 4.79 Å². The van der Waals surface area contributed by atoms with Crippen LogP contribution in [0.25, 0.3) is 0 Å². The van der Waals surface area contributed by atoms with Gasteiger partial charge in [-0.15, -0.1) is 0 Å². The largest absolute Gasteiger partial charge is 0.284 e. The molecule has 2 aromatic rings. The number of thioether (sulfide) groups is 2. The van der Waals surface area contributed by atoms with E-state index in [4.69, 9.17) is 0 Å². The number of amides is 1. The monoisotopic (exact) mass is 313 g/mol. The summed E-state index contributed by atoms with van der Waals surface area (Å²) in [6.07, 6.45) is 0. The van der Waals surface area contributed by atoms with Gasteiger partial charge < -0.3 is 0 Å². The molecule has 4 nitrogen and oxygen atoms in total. The molecule has 0 aliphatic carbocycles. The number of hydrogen-bond acceptors (Lipinski definition) is 5. The molecule has 1 atom stereocenters. The van der Waals surface area contributed by atoms with Gasteiger partial charge in [-0.05, 0) is 24.3 Å². The van der Waals surface area contributed by atoms with Crippen LogP contribution in [0.3, 0.4) is 0 Å². The van der Waals surface area contributed by atoms with Crippen molar-refractivity contribution in [3.05, 3.63) is 60.7 Å². The molecule has 1 heterocycles. The van der Waals surface area contributed by atoms with E-state index in [-0.39, 0.29) is 5.91 Å². The molecule has 0 saturated carbocycles. The van der Waals surface area contributed by atoms with Crippen molar-refractivity contribution in [1.82, 2.24) is 0 Å². The number of rotatable bonds is 3. The lowest BCUT2D eigenvalue weighted by atomic mass is 10.3. The summed E-state index contributed by atoms with van der Waals surface area (Å²) in [5.74, 6) is -0.252. The van der Waals surface area contributed by atoms with E-state index in [1.165, 1.54) is 23.5 Å². The van der Waals surface area contributed by atoms with E-state index >= 15 is 0 Å². The molecule has 1 aliphatic rings. The summed E-state index contributed by atoms with van der Waals surface area (Å²) in [6.45, 7) is 0. The van der Waals surface area contributed by atoms with Crippen LogP contribution in [-0.4, -0.2) is 15.7 Å². The van der Waals surface area contributed by atoms with Crippen LogP contribution in [0.15, 0.2) is 80.8 Å². The summed E-state index contributed by atoms with van der Waals surface area (Å²) in [5, 5.41) is 7.58.